The molecule has 7 bridgehead atoms. The maximum Gasteiger partial charge on any atom is 0.338 e. The Kier molecular flexibility index (Phi) is 6.92. The number of esters is 1. The molecule has 0 radical (unpaired) electrons. The molecule has 238 valence electrons. The van der Waals surface area contributed by atoms with Gasteiger partial charge in [0.05, 0.1) is 30.5 Å². The minimum Gasteiger partial charge on any atom is -0.455 e. The van der Waals surface area contributed by atoms with Crippen LogP contribution in [-0.4, -0.2) is 136 Å². The van der Waals surface area contributed by atoms with E-state index in [1.54, 1.807) is 52.7 Å². The first-order valence-electron chi connectivity index (χ1n) is 15.3. The summed E-state index contributed by atoms with van der Waals surface area (Å²) in [5.41, 5.74) is -4.01. The summed E-state index contributed by atoms with van der Waals surface area (Å²) in [6, 6.07) is 8.51. The van der Waals surface area contributed by atoms with Gasteiger partial charge in [-0.05, 0) is 31.5 Å². The Bertz CT molecular complexity index is 1250. The summed E-state index contributed by atoms with van der Waals surface area (Å²) < 4.78 is 37.4. The zero-order chi connectivity index (χ0) is 30.7. The number of hydrogen-bond acceptors (Lipinski definition) is 11. The van der Waals surface area contributed by atoms with E-state index in [0.717, 1.165) is 0 Å². The summed E-state index contributed by atoms with van der Waals surface area (Å²) >= 11 is 0. The maximum atomic E-state index is 13.6. The Morgan fingerprint density at radius 1 is 1.00 bits per heavy atom. The summed E-state index contributed by atoms with van der Waals surface area (Å²) in [6.07, 6.45) is -4.43. The van der Waals surface area contributed by atoms with E-state index in [9.17, 15) is 20.1 Å². The number of aliphatic hydroxyl groups excluding tert-OH is 2. The third-order valence-corrected chi connectivity index (χ3v) is 12.9. The molecule has 1 spiro atoms. The van der Waals surface area contributed by atoms with Crippen molar-refractivity contribution in [2.45, 2.75) is 66.7 Å². The lowest BCUT2D eigenvalue weighted by atomic mass is 9.42. The van der Waals surface area contributed by atoms with E-state index >= 15 is 0 Å². The van der Waals surface area contributed by atoms with Gasteiger partial charge >= 0.3 is 5.97 Å². The van der Waals surface area contributed by atoms with Gasteiger partial charge in [0.15, 0.2) is 0 Å². The van der Waals surface area contributed by atoms with E-state index in [4.69, 9.17) is 28.4 Å². The molecule has 1 aromatic carbocycles. The van der Waals surface area contributed by atoms with Crippen LogP contribution in [0.1, 0.15) is 23.2 Å². The molecule has 5 aliphatic carbocycles. The number of carbonyl (C=O) groups excluding carboxylic acids is 1. The first-order chi connectivity index (χ1) is 20.6. The standard InChI is InChI=1S/C32H45NO10/c1-33-14-29(15-38-2)18(34)12-19(39-3)31-17-13-30(37)26(43-28(36)16-10-8-7-9-11-16)20(17)32(42-6,25(35)27(30)41-5)21(24(31)33)22(40-4)23(29)31/h7-11,17-27,34-35,37H,12-15H2,1-6H3/t17-,18+,19-,20+,21+,22+,23+,24+,25-,26+,27+,29-,30+,31-,32+/m0/s1. The number of likely N-dealkylation sites (tertiary alicyclic amines) is 1. The molecule has 5 saturated carbocycles. The normalized spacial score (nSPS) is 52.7. The molecule has 0 aromatic heterocycles. The largest absolute Gasteiger partial charge is 0.455 e. The molecule has 1 heterocycles. The number of rotatable bonds is 8. The summed E-state index contributed by atoms with van der Waals surface area (Å²) in [6.45, 7) is 0.863. The molecular weight excluding hydrogens is 558 g/mol. The minimum atomic E-state index is -1.71. The Morgan fingerprint density at radius 2 is 1.72 bits per heavy atom. The Balaban J connectivity index is 1.49. The SMILES string of the molecule is COC[C@]12CN(C)[C@@H]3[C@H]4[C@@H](OC)[C@H]1[C@@]3([C@@H](OC)C[C@H]2O)[C@H]1C[C@@]2(O)[C@H](OC(=O)c3ccccc3)[C@@H]1[C@]4(OC)[C@@H](O)[C@H]2OC. The van der Waals surface area contributed by atoms with Crippen LogP contribution in [0.25, 0.3) is 0 Å². The van der Waals surface area contributed by atoms with E-state index in [1.165, 1.54) is 7.11 Å². The number of hydrogen-bond donors (Lipinski definition) is 3. The van der Waals surface area contributed by atoms with Crippen molar-refractivity contribution < 1.29 is 48.5 Å². The zero-order valence-electron chi connectivity index (χ0n) is 25.7. The second-order valence-electron chi connectivity index (χ2n) is 13.9. The van der Waals surface area contributed by atoms with Crippen LogP contribution >= 0.6 is 0 Å². The highest BCUT2D eigenvalue weighted by atomic mass is 16.6. The van der Waals surface area contributed by atoms with Gasteiger partial charge in [0, 0.05) is 83.1 Å². The summed E-state index contributed by atoms with van der Waals surface area (Å²) in [7, 11) is 10.1. The Hall–Kier alpha value is -1.67. The van der Waals surface area contributed by atoms with Crippen LogP contribution in [0.4, 0.5) is 0 Å². The molecule has 11 heteroatoms. The van der Waals surface area contributed by atoms with Crippen LogP contribution in [0.15, 0.2) is 30.3 Å². The van der Waals surface area contributed by atoms with Crippen LogP contribution < -0.4 is 0 Å². The Labute approximate surface area is 252 Å². The second kappa shape index (κ2) is 9.91. The molecular formula is C32H45NO10. The van der Waals surface area contributed by atoms with Crippen molar-refractivity contribution in [3.63, 3.8) is 0 Å². The van der Waals surface area contributed by atoms with Gasteiger partial charge in [-0.15, -0.1) is 0 Å². The van der Waals surface area contributed by atoms with E-state index in [0.29, 0.717) is 25.1 Å². The van der Waals surface area contributed by atoms with E-state index < -0.39 is 76.5 Å². The highest BCUT2D eigenvalue weighted by Crippen LogP contribution is 2.80. The van der Waals surface area contributed by atoms with Gasteiger partial charge in [0.2, 0.25) is 0 Å². The summed E-state index contributed by atoms with van der Waals surface area (Å²) in [5, 5.41) is 36.9. The zero-order valence-corrected chi connectivity index (χ0v) is 25.7. The fraction of sp³-hybridized carbons (Fsp3) is 0.781. The monoisotopic (exact) mass is 603 g/mol. The number of nitrogens with zero attached hydrogens (tertiary/aromatic N) is 1. The molecule has 0 amide bonds. The van der Waals surface area contributed by atoms with Crippen molar-refractivity contribution in [1.29, 1.82) is 0 Å². The maximum absolute atomic E-state index is 13.6. The predicted octanol–water partition coefficient (Wildman–Crippen LogP) is 0.341. The molecule has 1 aliphatic heterocycles. The van der Waals surface area contributed by atoms with Crippen molar-refractivity contribution in [2.24, 2.45) is 34.5 Å². The molecule has 6 aliphatic rings. The third-order valence-electron chi connectivity index (χ3n) is 12.9. The average Bonchev–Trinajstić information content (AvgIpc) is 3.38. The van der Waals surface area contributed by atoms with Crippen LogP contribution in [0.5, 0.6) is 0 Å². The quantitative estimate of drug-likeness (QED) is 0.355. The van der Waals surface area contributed by atoms with Crippen molar-refractivity contribution in [2.75, 3.05) is 55.7 Å². The lowest BCUT2D eigenvalue weighted by molar-refractivity contribution is -0.324. The average molecular weight is 604 g/mol. The Morgan fingerprint density at radius 3 is 2.33 bits per heavy atom. The number of fused-ring (bicyclic) bond motifs is 2. The lowest BCUT2D eigenvalue weighted by Gasteiger charge is -2.70. The number of piperidine rings is 1. The minimum absolute atomic E-state index is 0.189. The predicted molar refractivity (Wildman–Crippen MR) is 151 cm³/mol. The molecule has 11 nitrogen and oxygen atoms in total. The number of benzene rings is 1. The van der Waals surface area contributed by atoms with Crippen LogP contribution in [-0.2, 0) is 28.4 Å². The highest BCUT2D eigenvalue weighted by molar-refractivity contribution is 5.89. The van der Waals surface area contributed by atoms with Gasteiger partial charge in [0.25, 0.3) is 0 Å². The fourth-order valence-electron chi connectivity index (χ4n) is 12.1. The first-order valence-corrected chi connectivity index (χ1v) is 15.3. The lowest BCUT2D eigenvalue weighted by Crippen LogP contribution is -2.81. The molecule has 15 atom stereocenters. The topological polar surface area (TPSA) is 136 Å². The van der Waals surface area contributed by atoms with Gasteiger partial charge < -0.3 is 48.6 Å². The van der Waals surface area contributed by atoms with E-state index in [-0.39, 0.29) is 24.3 Å². The fourth-order valence-corrected chi connectivity index (χ4v) is 12.1. The van der Waals surface area contributed by atoms with Crippen LogP contribution in [0.2, 0.25) is 0 Å². The van der Waals surface area contributed by atoms with Gasteiger partial charge in [-0.3, -0.25) is 0 Å². The molecule has 43 heavy (non-hydrogen) atoms. The summed E-state index contributed by atoms with van der Waals surface area (Å²) in [4.78, 5) is 15.9. The number of aliphatic hydroxyl groups is 3. The number of carbonyl (C=O) groups is 1. The van der Waals surface area contributed by atoms with E-state index in [2.05, 4.69) is 4.90 Å². The van der Waals surface area contributed by atoms with E-state index in [1.807, 2.05) is 13.1 Å². The van der Waals surface area contributed by atoms with Crippen LogP contribution in [0.3, 0.4) is 0 Å². The molecule has 7 rings (SSSR count). The molecule has 1 aromatic rings. The highest BCUT2D eigenvalue weighted by Gasteiger charge is 2.91. The van der Waals surface area contributed by atoms with Crippen molar-refractivity contribution in [3.8, 4) is 0 Å². The smallest absolute Gasteiger partial charge is 0.338 e. The molecule has 6 fully saturated rings. The number of ether oxygens (including phenoxy) is 6. The molecule has 3 N–H and O–H groups in total. The van der Waals surface area contributed by atoms with Gasteiger partial charge in [-0.25, -0.2) is 4.79 Å². The number of methoxy groups -OCH3 is 5. The molecule has 1 saturated heterocycles. The van der Waals surface area contributed by atoms with Gasteiger partial charge in [-0.1, -0.05) is 18.2 Å². The van der Waals surface area contributed by atoms with Gasteiger partial charge in [-0.2, -0.15) is 0 Å². The van der Waals surface area contributed by atoms with Crippen molar-refractivity contribution in [1.82, 2.24) is 4.90 Å². The molecule has 0 unspecified atom stereocenters. The summed E-state index contributed by atoms with van der Waals surface area (Å²) in [5.74, 6) is -2.21. The van der Waals surface area contributed by atoms with Gasteiger partial charge in [0.1, 0.15) is 29.5 Å². The van der Waals surface area contributed by atoms with Crippen molar-refractivity contribution >= 4 is 5.97 Å². The van der Waals surface area contributed by atoms with Crippen molar-refractivity contribution in [3.05, 3.63) is 35.9 Å². The first kappa shape index (κ1) is 30.0. The van der Waals surface area contributed by atoms with Crippen LogP contribution in [0, 0.1) is 34.5 Å². The second-order valence-corrected chi connectivity index (χ2v) is 13.9. The third kappa shape index (κ3) is 3.24.